The first kappa shape index (κ1) is 23.7. The minimum absolute atomic E-state index is 0.0766. The van der Waals surface area contributed by atoms with Gasteiger partial charge < -0.3 is 10.4 Å². The molecule has 0 saturated heterocycles. The average Bonchev–Trinajstić information content (AvgIpc) is 3.25. The molecule has 0 aliphatic rings. The molecule has 0 fully saturated rings. The largest absolute Gasteiger partial charge is 0.394 e. The molecular weight excluding hydrogens is 444 g/mol. The van der Waals surface area contributed by atoms with Crippen LogP contribution in [0.1, 0.15) is 42.0 Å². The molecule has 4 rings (SSSR count). The van der Waals surface area contributed by atoms with Gasteiger partial charge in [-0.2, -0.15) is 5.10 Å². The van der Waals surface area contributed by atoms with Gasteiger partial charge in [0.05, 0.1) is 35.1 Å². The number of aromatic amines is 1. The van der Waals surface area contributed by atoms with Gasteiger partial charge in [0.15, 0.2) is 0 Å². The summed E-state index contributed by atoms with van der Waals surface area (Å²) >= 11 is 1.53. The summed E-state index contributed by atoms with van der Waals surface area (Å²) < 4.78 is 0. The first-order chi connectivity index (χ1) is 16.5. The molecule has 4 aromatic rings. The number of carbonyl (C=O) groups is 1. The predicted octanol–water partition coefficient (Wildman–Crippen LogP) is 5.42. The van der Waals surface area contributed by atoms with Crippen molar-refractivity contribution in [2.24, 2.45) is 5.92 Å². The summed E-state index contributed by atoms with van der Waals surface area (Å²) in [7, 11) is 0. The minimum Gasteiger partial charge on any atom is -0.394 e. The first-order valence-electron chi connectivity index (χ1n) is 11.3. The Balaban J connectivity index is 1.52. The van der Waals surface area contributed by atoms with Crippen LogP contribution in [0.4, 0.5) is 0 Å². The Kier molecular flexibility index (Phi) is 7.77. The van der Waals surface area contributed by atoms with E-state index in [-0.39, 0.29) is 18.6 Å². The second-order valence-corrected chi connectivity index (χ2v) is 9.60. The van der Waals surface area contributed by atoms with Crippen LogP contribution in [0.5, 0.6) is 0 Å². The molecule has 0 unspecified atom stereocenters. The van der Waals surface area contributed by atoms with E-state index in [1.807, 2.05) is 72.8 Å². The van der Waals surface area contributed by atoms with Crippen LogP contribution in [0, 0.1) is 5.92 Å². The number of carbonyl (C=O) groups excluding carboxylic acids is 1. The number of aliphatic hydroxyl groups excluding tert-OH is 1. The highest BCUT2D eigenvalue weighted by atomic mass is 32.2. The molecule has 0 spiro atoms. The van der Waals surface area contributed by atoms with Crippen LogP contribution in [0.15, 0.2) is 76.7 Å². The van der Waals surface area contributed by atoms with Crippen molar-refractivity contribution in [3.63, 3.8) is 0 Å². The number of pyridine rings is 1. The van der Waals surface area contributed by atoms with Gasteiger partial charge in [0.2, 0.25) is 0 Å². The number of hydrogen-bond acceptors (Lipinski definition) is 5. The van der Waals surface area contributed by atoms with Crippen molar-refractivity contribution in [1.82, 2.24) is 20.5 Å². The molecule has 0 saturated carbocycles. The SMILES string of the molecule is CC(C)C[C@H](CO)NC(=O)c1ccccc1Sc1ccc2c(/C=C/c3ccccn3)n[nH]c2c1. The molecule has 2 aromatic heterocycles. The number of nitrogens with zero attached hydrogens (tertiary/aromatic N) is 2. The Hall–Kier alpha value is -3.42. The third kappa shape index (κ3) is 5.92. The number of aromatic nitrogens is 3. The molecule has 34 heavy (non-hydrogen) atoms. The van der Waals surface area contributed by atoms with Gasteiger partial charge in [-0.25, -0.2) is 0 Å². The van der Waals surface area contributed by atoms with Crippen LogP contribution in [0.3, 0.4) is 0 Å². The van der Waals surface area contributed by atoms with Gasteiger partial charge in [0, 0.05) is 21.4 Å². The van der Waals surface area contributed by atoms with Crippen molar-refractivity contribution in [3.8, 4) is 0 Å². The number of H-pyrrole nitrogens is 1. The Labute approximate surface area is 203 Å². The van der Waals surface area contributed by atoms with Crippen LogP contribution in [-0.4, -0.2) is 38.8 Å². The van der Waals surface area contributed by atoms with Gasteiger partial charge in [-0.15, -0.1) is 0 Å². The summed E-state index contributed by atoms with van der Waals surface area (Å²) in [4.78, 5) is 19.1. The van der Waals surface area contributed by atoms with E-state index in [1.54, 1.807) is 6.20 Å². The number of fused-ring (bicyclic) bond motifs is 1. The summed E-state index contributed by atoms with van der Waals surface area (Å²) in [5.41, 5.74) is 3.23. The zero-order valence-corrected chi connectivity index (χ0v) is 20.0. The Morgan fingerprint density at radius 1 is 1.12 bits per heavy atom. The van der Waals surface area contributed by atoms with Crippen molar-refractivity contribution < 1.29 is 9.90 Å². The third-order valence-corrected chi connectivity index (χ3v) is 6.40. The highest BCUT2D eigenvalue weighted by Crippen LogP contribution is 2.33. The Morgan fingerprint density at radius 2 is 1.94 bits per heavy atom. The number of aliphatic hydroxyl groups is 1. The summed E-state index contributed by atoms with van der Waals surface area (Å²) in [6.45, 7) is 4.07. The molecule has 2 aromatic carbocycles. The fourth-order valence-electron chi connectivity index (χ4n) is 3.73. The molecule has 0 aliphatic heterocycles. The number of hydrogen-bond donors (Lipinski definition) is 3. The average molecular weight is 473 g/mol. The van der Waals surface area contributed by atoms with Crippen molar-refractivity contribution in [2.45, 2.75) is 36.1 Å². The first-order valence-corrected chi connectivity index (χ1v) is 12.1. The molecule has 6 nitrogen and oxygen atoms in total. The van der Waals surface area contributed by atoms with E-state index < -0.39 is 0 Å². The minimum atomic E-state index is -0.260. The molecule has 0 radical (unpaired) electrons. The van der Waals surface area contributed by atoms with Crippen LogP contribution < -0.4 is 5.32 Å². The van der Waals surface area contributed by atoms with Gasteiger partial charge in [-0.1, -0.05) is 43.8 Å². The molecule has 0 bridgehead atoms. The zero-order valence-electron chi connectivity index (χ0n) is 19.2. The van der Waals surface area contributed by atoms with Crippen LogP contribution >= 0.6 is 11.8 Å². The standard InChI is InChI=1S/C27H28N4O2S/c1-18(2)15-20(17-32)29-27(33)23-8-3-4-9-26(23)34-21-11-12-22-24(30-31-25(22)16-21)13-10-19-7-5-6-14-28-19/h3-14,16,18,20,32H,15,17H2,1-2H3,(H,29,33)(H,30,31)/b13-10+/t20-/m1/s1. The monoisotopic (exact) mass is 472 g/mol. The lowest BCUT2D eigenvalue weighted by molar-refractivity contribution is 0.0905. The van der Waals surface area contributed by atoms with Gasteiger partial charge in [0.1, 0.15) is 0 Å². The van der Waals surface area contributed by atoms with Crippen molar-refractivity contribution in [3.05, 3.63) is 83.8 Å². The van der Waals surface area contributed by atoms with E-state index in [0.717, 1.165) is 38.5 Å². The van der Waals surface area contributed by atoms with Crippen molar-refractivity contribution in [1.29, 1.82) is 0 Å². The lowest BCUT2D eigenvalue weighted by Gasteiger charge is -2.19. The summed E-state index contributed by atoms with van der Waals surface area (Å²) in [6.07, 6.45) is 6.37. The molecule has 1 amide bonds. The quantitative estimate of drug-likeness (QED) is 0.303. The molecular formula is C27H28N4O2S. The van der Waals surface area contributed by atoms with Crippen LogP contribution in [-0.2, 0) is 0 Å². The maximum atomic E-state index is 12.9. The molecule has 7 heteroatoms. The fourth-order valence-corrected chi connectivity index (χ4v) is 4.71. The Bertz CT molecular complexity index is 1280. The normalized spacial score (nSPS) is 12.5. The van der Waals surface area contributed by atoms with Gasteiger partial charge in [-0.3, -0.25) is 14.9 Å². The highest BCUT2D eigenvalue weighted by molar-refractivity contribution is 7.99. The Morgan fingerprint density at radius 3 is 2.71 bits per heavy atom. The van der Waals surface area contributed by atoms with Crippen LogP contribution in [0.2, 0.25) is 0 Å². The maximum absolute atomic E-state index is 12.9. The second-order valence-electron chi connectivity index (χ2n) is 8.48. The number of nitrogens with one attached hydrogen (secondary N) is 2. The lowest BCUT2D eigenvalue weighted by atomic mass is 10.0. The maximum Gasteiger partial charge on any atom is 0.252 e. The van der Waals surface area contributed by atoms with Gasteiger partial charge >= 0.3 is 0 Å². The fraction of sp³-hybridized carbons (Fsp3) is 0.222. The van der Waals surface area contributed by atoms with Gasteiger partial charge in [0.25, 0.3) is 5.91 Å². The van der Waals surface area contributed by atoms with E-state index in [1.165, 1.54) is 11.8 Å². The van der Waals surface area contributed by atoms with E-state index in [2.05, 4.69) is 34.3 Å². The summed E-state index contributed by atoms with van der Waals surface area (Å²) in [5.74, 6) is 0.208. The molecule has 174 valence electrons. The lowest BCUT2D eigenvalue weighted by Crippen LogP contribution is -2.38. The molecule has 1 atom stereocenters. The van der Waals surface area contributed by atoms with Crippen molar-refractivity contribution in [2.75, 3.05) is 6.61 Å². The second kappa shape index (κ2) is 11.1. The van der Waals surface area contributed by atoms with E-state index in [9.17, 15) is 9.90 Å². The smallest absolute Gasteiger partial charge is 0.252 e. The van der Waals surface area contributed by atoms with Gasteiger partial charge in [-0.05, 0) is 67.0 Å². The number of rotatable bonds is 9. The number of amides is 1. The van der Waals surface area contributed by atoms with E-state index in [4.69, 9.17) is 0 Å². The molecule has 3 N–H and O–H groups in total. The molecule has 0 aliphatic carbocycles. The number of benzene rings is 2. The van der Waals surface area contributed by atoms with Crippen molar-refractivity contribution >= 4 is 40.7 Å². The highest BCUT2D eigenvalue weighted by Gasteiger charge is 2.17. The molecule has 2 heterocycles. The summed E-state index contributed by atoms with van der Waals surface area (Å²) in [5, 5.41) is 21.2. The zero-order chi connectivity index (χ0) is 23.9. The third-order valence-electron chi connectivity index (χ3n) is 5.33. The predicted molar refractivity (Wildman–Crippen MR) is 138 cm³/mol. The van der Waals surface area contributed by atoms with E-state index >= 15 is 0 Å². The van der Waals surface area contributed by atoms with E-state index in [0.29, 0.717) is 11.5 Å². The van der Waals surface area contributed by atoms with Crippen LogP contribution in [0.25, 0.3) is 23.1 Å². The topological polar surface area (TPSA) is 90.9 Å². The summed E-state index contributed by atoms with van der Waals surface area (Å²) in [6, 6.07) is 19.2.